The Morgan fingerprint density at radius 1 is 0.935 bits per heavy atom. The number of aromatic hydroxyl groups is 2. The van der Waals surface area contributed by atoms with Crippen molar-refractivity contribution in [2.75, 3.05) is 14.2 Å². The first-order valence-corrected chi connectivity index (χ1v) is 10.0. The number of hydrogen-bond donors (Lipinski definition) is 2. The highest BCUT2D eigenvalue weighted by atomic mass is 19.1. The zero-order valence-electron chi connectivity index (χ0n) is 18.2. The minimum Gasteiger partial charge on any atom is -0.508 e. The Bertz CT molecular complexity index is 1100. The Balaban J connectivity index is 2.08. The van der Waals surface area contributed by atoms with Crippen molar-refractivity contribution in [3.63, 3.8) is 0 Å². The Hall–Kier alpha value is -3.47. The van der Waals surface area contributed by atoms with Crippen LogP contribution in [-0.2, 0) is 6.42 Å². The van der Waals surface area contributed by atoms with Crippen LogP contribution in [0.15, 0.2) is 60.2 Å². The summed E-state index contributed by atoms with van der Waals surface area (Å²) in [6.45, 7) is 4.04. The lowest BCUT2D eigenvalue weighted by atomic mass is 9.95. The maximum Gasteiger partial charge on any atom is 0.170 e. The third-order valence-corrected chi connectivity index (χ3v) is 5.13. The minimum absolute atomic E-state index is 0.135. The van der Waals surface area contributed by atoms with Crippen molar-refractivity contribution in [3.05, 3.63) is 71.6 Å². The molecule has 0 aliphatic rings. The second-order valence-electron chi connectivity index (χ2n) is 7.56. The first-order valence-electron chi connectivity index (χ1n) is 10.0. The molecule has 0 unspecified atom stereocenters. The summed E-state index contributed by atoms with van der Waals surface area (Å²) in [6, 6.07) is 13.2. The largest absolute Gasteiger partial charge is 0.508 e. The highest BCUT2D eigenvalue weighted by Gasteiger charge is 2.22. The van der Waals surface area contributed by atoms with Gasteiger partial charge in [-0.3, -0.25) is 0 Å². The number of allylic oxidation sites excluding steroid dienone is 2. The molecule has 3 rings (SSSR count). The van der Waals surface area contributed by atoms with Crippen molar-refractivity contribution in [3.8, 4) is 45.3 Å². The molecule has 4 nitrogen and oxygen atoms in total. The number of ether oxygens (including phenoxy) is 2. The van der Waals surface area contributed by atoms with Crippen LogP contribution in [0.1, 0.15) is 25.8 Å². The second kappa shape index (κ2) is 9.56. The molecule has 5 heteroatoms. The smallest absolute Gasteiger partial charge is 0.170 e. The quantitative estimate of drug-likeness (QED) is 0.428. The first kappa shape index (κ1) is 22.2. The van der Waals surface area contributed by atoms with Crippen molar-refractivity contribution in [2.45, 2.75) is 26.7 Å². The van der Waals surface area contributed by atoms with Crippen LogP contribution in [0.5, 0.6) is 23.0 Å². The van der Waals surface area contributed by atoms with Crippen LogP contribution in [0.4, 0.5) is 4.39 Å². The molecule has 2 N–H and O–H groups in total. The number of phenols is 2. The number of halogens is 1. The molecule has 0 saturated carbocycles. The highest BCUT2D eigenvalue weighted by Crippen LogP contribution is 2.49. The Kier molecular flexibility index (Phi) is 6.85. The fraction of sp³-hybridized carbons (Fsp3) is 0.231. The molecule has 0 aliphatic carbocycles. The van der Waals surface area contributed by atoms with Gasteiger partial charge in [-0.25, -0.2) is 4.39 Å². The molecule has 0 aromatic heterocycles. The van der Waals surface area contributed by atoms with Crippen molar-refractivity contribution in [2.24, 2.45) is 0 Å². The van der Waals surface area contributed by atoms with E-state index in [0.717, 1.165) is 12.0 Å². The molecular weight excluding hydrogens is 395 g/mol. The van der Waals surface area contributed by atoms with Crippen LogP contribution in [0, 0.1) is 5.82 Å². The van der Waals surface area contributed by atoms with Gasteiger partial charge < -0.3 is 19.7 Å². The summed E-state index contributed by atoms with van der Waals surface area (Å²) in [5.74, 6) is 0.299. The van der Waals surface area contributed by atoms with E-state index in [1.807, 2.05) is 13.8 Å². The number of benzene rings is 3. The lowest BCUT2D eigenvalue weighted by Crippen LogP contribution is -1.97. The number of rotatable bonds is 7. The topological polar surface area (TPSA) is 58.9 Å². The molecular formula is C26H27FO4. The summed E-state index contributed by atoms with van der Waals surface area (Å²) in [5.41, 5.74) is 4.00. The second-order valence-corrected chi connectivity index (χ2v) is 7.56. The highest BCUT2D eigenvalue weighted by molar-refractivity contribution is 5.87. The van der Waals surface area contributed by atoms with Crippen molar-refractivity contribution >= 4 is 0 Å². The zero-order chi connectivity index (χ0) is 22.5. The lowest BCUT2D eigenvalue weighted by Gasteiger charge is -2.18. The number of phenolic OH excluding ortho intramolecular Hbond substituents is 2. The molecule has 31 heavy (non-hydrogen) atoms. The van der Waals surface area contributed by atoms with E-state index in [1.165, 1.54) is 25.9 Å². The van der Waals surface area contributed by atoms with E-state index >= 15 is 0 Å². The fourth-order valence-electron chi connectivity index (χ4n) is 3.55. The van der Waals surface area contributed by atoms with Gasteiger partial charge in [0.1, 0.15) is 17.3 Å². The van der Waals surface area contributed by atoms with Crippen LogP contribution in [-0.4, -0.2) is 24.4 Å². The standard InChI is InChI=1S/C26H27FO4/c1-16(2)6-5-7-18-8-9-19(14-22(18)27)24-23(30-3)15-21(26(31-4)25(24)29)17-10-12-20(28)13-11-17/h6,8-15,28-29H,5,7H2,1-4H3. The maximum absolute atomic E-state index is 14.8. The van der Waals surface area contributed by atoms with Crippen LogP contribution >= 0.6 is 0 Å². The van der Waals surface area contributed by atoms with E-state index in [4.69, 9.17) is 9.47 Å². The van der Waals surface area contributed by atoms with Crippen LogP contribution in [0.25, 0.3) is 22.3 Å². The van der Waals surface area contributed by atoms with Gasteiger partial charge in [0.15, 0.2) is 11.5 Å². The average molecular weight is 422 g/mol. The molecule has 0 amide bonds. The molecule has 0 aliphatic heterocycles. The summed E-state index contributed by atoms with van der Waals surface area (Å²) < 4.78 is 25.8. The van der Waals surface area contributed by atoms with Gasteiger partial charge >= 0.3 is 0 Å². The van der Waals surface area contributed by atoms with Gasteiger partial charge in [0.25, 0.3) is 0 Å². The first-order chi connectivity index (χ1) is 14.8. The van der Waals surface area contributed by atoms with Gasteiger partial charge in [-0.2, -0.15) is 0 Å². The minimum atomic E-state index is -0.331. The molecule has 162 valence electrons. The summed E-state index contributed by atoms with van der Waals surface area (Å²) in [4.78, 5) is 0. The zero-order valence-corrected chi connectivity index (χ0v) is 18.2. The molecule has 3 aromatic carbocycles. The van der Waals surface area contributed by atoms with E-state index in [0.29, 0.717) is 34.4 Å². The molecule has 0 spiro atoms. The Morgan fingerprint density at radius 2 is 1.61 bits per heavy atom. The molecule has 0 fully saturated rings. The third kappa shape index (κ3) is 4.82. The van der Waals surface area contributed by atoms with E-state index in [2.05, 4.69) is 6.08 Å². The lowest BCUT2D eigenvalue weighted by molar-refractivity contribution is 0.369. The van der Waals surface area contributed by atoms with Crippen LogP contribution in [0.2, 0.25) is 0 Å². The van der Waals surface area contributed by atoms with Gasteiger partial charge in [-0.15, -0.1) is 0 Å². The van der Waals surface area contributed by atoms with Crippen LogP contribution < -0.4 is 9.47 Å². The van der Waals surface area contributed by atoms with Gasteiger partial charge in [-0.1, -0.05) is 35.9 Å². The van der Waals surface area contributed by atoms with E-state index in [1.54, 1.807) is 42.5 Å². The van der Waals surface area contributed by atoms with E-state index in [-0.39, 0.29) is 23.1 Å². The molecule has 0 bridgehead atoms. The molecule has 0 radical (unpaired) electrons. The molecule has 0 saturated heterocycles. The monoisotopic (exact) mass is 422 g/mol. The van der Waals surface area contributed by atoms with Gasteiger partial charge in [0.2, 0.25) is 0 Å². The Morgan fingerprint density at radius 3 is 2.19 bits per heavy atom. The van der Waals surface area contributed by atoms with Crippen molar-refractivity contribution < 1.29 is 24.1 Å². The van der Waals surface area contributed by atoms with Crippen LogP contribution in [0.3, 0.4) is 0 Å². The summed E-state index contributed by atoms with van der Waals surface area (Å²) >= 11 is 0. The average Bonchev–Trinajstić information content (AvgIpc) is 2.74. The summed E-state index contributed by atoms with van der Waals surface area (Å²) in [5, 5.41) is 20.6. The van der Waals surface area contributed by atoms with Gasteiger partial charge in [-0.05, 0) is 67.6 Å². The summed E-state index contributed by atoms with van der Waals surface area (Å²) in [7, 11) is 2.96. The van der Waals surface area contributed by atoms with E-state index in [9.17, 15) is 14.6 Å². The number of aryl methyl sites for hydroxylation is 1. The molecule has 0 atom stereocenters. The van der Waals surface area contributed by atoms with E-state index < -0.39 is 0 Å². The summed E-state index contributed by atoms with van der Waals surface area (Å²) in [6.07, 6.45) is 3.45. The number of methoxy groups -OCH3 is 2. The predicted octanol–water partition coefficient (Wildman–Crippen LogP) is 6.49. The third-order valence-electron chi connectivity index (χ3n) is 5.13. The predicted molar refractivity (Wildman–Crippen MR) is 121 cm³/mol. The van der Waals surface area contributed by atoms with Crippen molar-refractivity contribution in [1.82, 2.24) is 0 Å². The fourth-order valence-corrected chi connectivity index (χ4v) is 3.55. The maximum atomic E-state index is 14.8. The van der Waals surface area contributed by atoms with Gasteiger partial charge in [0.05, 0.1) is 19.8 Å². The molecule has 0 heterocycles. The Labute approximate surface area is 182 Å². The molecule has 3 aromatic rings. The SMILES string of the molecule is COc1cc(-c2ccc(O)cc2)c(OC)c(O)c1-c1ccc(CCC=C(C)C)c(F)c1. The number of hydrogen-bond acceptors (Lipinski definition) is 4. The van der Waals surface area contributed by atoms with Crippen molar-refractivity contribution in [1.29, 1.82) is 0 Å². The van der Waals surface area contributed by atoms with Gasteiger partial charge in [0, 0.05) is 5.56 Å². The normalized spacial score (nSPS) is 10.6.